The molecule has 1 N–H and O–H groups in total. The van der Waals surface area contributed by atoms with Gasteiger partial charge in [-0.15, -0.1) is 0 Å². The number of aryl methyl sites for hydroxylation is 1. The second-order valence-corrected chi connectivity index (χ2v) is 7.29. The molecule has 5 heteroatoms. The normalized spacial score (nSPS) is 17.3. The summed E-state index contributed by atoms with van der Waals surface area (Å²) < 4.78 is 7.60. The number of nitrogens with zero attached hydrogens (tertiary/aromatic N) is 2. The molecule has 0 radical (unpaired) electrons. The summed E-state index contributed by atoms with van der Waals surface area (Å²) in [5.74, 6) is 0.661. The third kappa shape index (κ3) is 3.55. The standard InChI is InChI=1S/C22H23ClN2O2/c1-27-21-14-16(9-10-20(21)26)15-25-13-5-12-24-11-4-8-19(24)22(25)17-6-2-3-7-18(17)23/h2-4,6-11,14,22,26H,5,12-13,15H2,1H3. The number of ether oxygens (including phenoxy) is 1. The van der Waals surface area contributed by atoms with Gasteiger partial charge in [-0.2, -0.15) is 0 Å². The van der Waals surface area contributed by atoms with Crippen LogP contribution >= 0.6 is 11.6 Å². The van der Waals surface area contributed by atoms with Gasteiger partial charge in [0.25, 0.3) is 0 Å². The van der Waals surface area contributed by atoms with E-state index < -0.39 is 0 Å². The quantitative estimate of drug-likeness (QED) is 0.700. The van der Waals surface area contributed by atoms with Crippen LogP contribution in [0.1, 0.15) is 29.3 Å². The molecule has 0 bridgehead atoms. The van der Waals surface area contributed by atoms with Gasteiger partial charge in [-0.25, -0.2) is 0 Å². The van der Waals surface area contributed by atoms with Crippen LogP contribution in [0.15, 0.2) is 60.8 Å². The number of fused-ring (bicyclic) bond motifs is 1. The van der Waals surface area contributed by atoms with Crippen LogP contribution in [0.25, 0.3) is 0 Å². The lowest BCUT2D eigenvalue weighted by Gasteiger charge is -2.31. The number of halogens is 1. The number of benzene rings is 2. The lowest BCUT2D eigenvalue weighted by Crippen LogP contribution is -2.29. The Morgan fingerprint density at radius 3 is 2.78 bits per heavy atom. The Hall–Kier alpha value is -2.43. The predicted octanol–water partition coefficient (Wildman–Crippen LogP) is 4.85. The van der Waals surface area contributed by atoms with Crippen LogP contribution in [-0.2, 0) is 13.1 Å². The van der Waals surface area contributed by atoms with E-state index in [4.69, 9.17) is 16.3 Å². The molecule has 1 atom stereocenters. The summed E-state index contributed by atoms with van der Waals surface area (Å²) in [5, 5.41) is 10.7. The molecule has 4 nitrogen and oxygen atoms in total. The highest BCUT2D eigenvalue weighted by Gasteiger charge is 2.28. The van der Waals surface area contributed by atoms with E-state index in [1.54, 1.807) is 13.2 Å². The van der Waals surface area contributed by atoms with E-state index in [1.807, 2.05) is 30.3 Å². The van der Waals surface area contributed by atoms with E-state index in [0.29, 0.717) is 5.75 Å². The Balaban J connectivity index is 1.75. The fraction of sp³-hybridized carbons (Fsp3) is 0.273. The number of rotatable bonds is 4. The van der Waals surface area contributed by atoms with Gasteiger partial charge in [0.2, 0.25) is 0 Å². The van der Waals surface area contributed by atoms with Crippen molar-refractivity contribution in [3.8, 4) is 11.5 Å². The maximum absolute atomic E-state index is 9.90. The molecule has 27 heavy (non-hydrogen) atoms. The van der Waals surface area contributed by atoms with Crippen molar-refractivity contribution in [2.75, 3.05) is 13.7 Å². The monoisotopic (exact) mass is 382 g/mol. The van der Waals surface area contributed by atoms with Crippen molar-refractivity contribution in [2.24, 2.45) is 0 Å². The van der Waals surface area contributed by atoms with Crippen LogP contribution in [-0.4, -0.2) is 28.2 Å². The van der Waals surface area contributed by atoms with Gasteiger partial charge >= 0.3 is 0 Å². The van der Waals surface area contributed by atoms with Gasteiger partial charge < -0.3 is 14.4 Å². The van der Waals surface area contributed by atoms with E-state index in [-0.39, 0.29) is 11.8 Å². The number of hydrogen-bond donors (Lipinski definition) is 1. The molecule has 3 aromatic rings. The number of phenols is 1. The molecule has 1 aromatic heterocycles. The molecule has 0 amide bonds. The third-order valence-electron chi connectivity index (χ3n) is 5.18. The van der Waals surface area contributed by atoms with E-state index in [1.165, 1.54) is 5.69 Å². The smallest absolute Gasteiger partial charge is 0.160 e. The van der Waals surface area contributed by atoms with Crippen LogP contribution < -0.4 is 4.74 Å². The average Bonchev–Trinajstić information content (AvgIpc) is 3.06. The Morgan fingerprint density at radius 2 is 1.96 bits per heavy atom. The van der Waals surface area contributed by atoms with Gasteiger partial charge in [0.05, 0.1) is 13.2 Å². The van der Waals surface area contributed by atoms with Gasteiger partial charge in [-0.05, 0) is 47.9 Å². The van der Waals surface area contributed by atoms with Crippen LogP contribution in [0.3, 0.4) is 0 Å². The molecule has 0 aliphatic carbocycles. The first-order valence-electron chi connectivity index (χ1n) is 9.17. The highest BCUT2D eigenvalue weighted by Crippen LogP contribution is 2.37. The molecule has 1 aliphatic heterocycles. The van der Waals surface area contributed by atoms with Gasteiger partial charge in [0, 0.05) is 36.5 Å². The average molecular weight is 383 g/mol. The Labute approximate surface area is 164 Å². The van der Waals surface area contributed by atoms with Crippen molar-refractivity contribution < 1.29 is 9.84 Å². The maximum atomic E-state index is 9.90. The van der Waals surface area contributed by atoms with Crippen LogP contribution in [0.4, 0.5) is 0 Å². The Morgan fingerprint density at radius 1 is 1.11 bits per heavy atom. The molecule has 2 heterocycles. The zero-order valence-corrected chi connectivity index (χ0v) is 16.1. The van der Waals surface area contributed by atoms with Crippen molar-refractivity contribution in [1.29, 1.82) is 0 Å². The lowest BCUT2D eigenvalue weighted by molar-refractivity contribution is 0.220. The predicted molar refractivity (Wildman–Crippen MR) is 107 cm³/mol. The minimum absolute atomic E-state index is 0.0796. The van der Waals surface area contributed by atoms with Crippen LogP contribution in [0.5, 0.6) is 11.5 Å². The Bertz CT molecular complexity index is 938. The number of hydrogen-bond acceptors (Lipinski definition) is 3. The summed E-state index contributed by atoms with van der Waals surface area (Å²) in [6.45, 7) is 2.71. The molecule has 0 saturated heterocycles. The van der Waals surface area contributed by atoms with Gasteiger partial charge in [-0.1, -0.05) is 35.9 Å². The van der Waals surface area contributed by atoms with E-state index in [9.17, 15) is 5.11 Å². The first kappa shape index (κ1) is 18.0. The first-order valence-corrected chi connectivity index (χ1v) is 9.54. The van der Waals surface area contributed by atoms with E-state index >= 15 is 0 Å². The van der Waals surface area contributed by atoms with Crippen molar-refractivity contribution in [2.45, 2.75) is 25.6 Å². The SMILES string of the molecule is COc1cc(CN2CCCn3cccc3C2c2ccccc2Cl)ccc1O. The molecule has 4 rings (SSSR count). The van der Waals surface area contributed by atoms with Crippen molar-refractivity contribution >= 4 is 11.6 Å². The zero-order chi connectivity index (χ0) is 18.8. The highest BCUT2D eigenvalue weighted by molar-refractivity contribution is 6.31. The summed E-state index contributed by atoms with van der Waals surface area (Å²) in [6, 6.07) is 18.0. The van der Waals surface area contributed by atoms with Crippen LogP contribution in [0, 0.1) is 0 Å². The largest absolute Gasteiger partial charge is 0.504 e. The summed E-state index contributed by atoms with van der Waals surface area (Å²) in [4.78, 5) is 2.45. The van der Waals surface area contributed by atoms with E-state index in [0.717, 1.165) is 42.2 Å². The topological polar surface area (TPSA) is 37.6 Å². The second kappa shape index (κ2) is 7.67. The summed E-state index contributed by atoms with van der Waals surface area (Å²) in [6.07, 6.45) is 3.21. The molecule has 1 unspecified atom stereocenters. The fourth-order valence-electron chi connectivity index (χ4n) is 3.92. The molecule has 0 saturated carbocycles. The lowest BCUT2D eigenvalue weighted by atomic mass is 10.0. The fourth-order valence-corrected chi connectivity index (χ4v) is 4.16. The molecule has 1 aliphatic rings. The van der Waals surface area contributed by atoms with Crippen molar-refractivity contribution in [1.82, 2.24) is 9.47 Å². The molecular formula is C22H23ClN2O2. The van der Waals surface area contributed by atoms with Crippen LogP contribution in [0.2, 0.25) is 5.02 Å². The minimum Gasteiger partial charge on any atom is -0.504 e. The minimum atomic E-state index is 0.0796. The summed E-state index contributed by atoms with van der Waals surface area (Å²) in [5.41, 5.74) is 3.47. The first-order chi connectivity index (χ1) is 13.2. The number of aromatic nitrogens is 1. The van der Waals surface area contributed by atoms with Gasteiger partial charge in [-0.3, -0.25) is 4.90 Å². The second-order valence-electron chi connectivity index (χ2n) is 6.88. The van der Waals surface area contributed by atoms with Crippen molar-refractivity contribution in [3.05, 3.63) is 82.6 Å². The molecule has 0 fully saturated rings. The van der Waals surface area contributed by atoms with Gasteiger partial charge in [0.1, 0.15) is 0 Å². The van der Waals surface area contributed by atoms with Crippen molar-refractivity contribution in [3.63, 3.8) is 0 Å². The third-order valence-corrected chi connectivity index (χ3v) is 5.53. The molecular weight excluding hydrogens is 360 g/mol. The highest BCUT2D eigenvalue weighted by atomic mass is 35.5. The summed E-state index contributed by atoms with van der Waals surface area (Å²) in [7, 11) is 1.57. The maximum Gasteiger partial charge on any atom is 0.160 e. The molecule has 2 aromatic carbocycles. The van der Waals surface area contributed by atoms with Gasteiger partial charge in [0.15, 0.2) is 11.5 Å². The number of phenolic OH excluding ortho intramolecular Hbond substituents is 1. The van der Waals surface area contributed by atoms with E-state index in [2.05, 4.69) is 33.9 Å². The molecule has 140 valence electrons. The Kier molecular flexibility index (Phi) is 5.10. The number of methoxy groups -OCH3 is 1. The molecule has 0 spiro atoms. The number of aromatic hydroxyl groups is 1. The zero-order valence-electron chi connectivity index (χ0n) is 15.3. The summed E-state index contributed by atoms with van der Waals surface area (Å²) >= 11 is 6.59.